The maximum atomic E-state index is 2.28. The lowest BCUT2D eigenvalue weighted by Crippen LogP contribution is -1.90. The molecule has 52 valence electrons. The van der Waals surface area contributed by atoms with Crippen LogP contribution in [-0.2, 0) is 0 Å². The van der Waals surface area contributed by atoms with Gasteiger partial charge in [-0.2, -0.15) is 0 Å². The van der Waals surface area contributed by atoms with Crippen molar-refractivity contribution in [1.29, 1.82) is 0 Å². The van der Waals surface area contributed by atoms with E-state index in [0.717, 1.165) is 19.9 Å². The average Bonchev–Trinajstić information content (AvgIpc) is 1.27. The lowest BCUT2D eigenvalue weighted by Gasteiger charge is -2.06. The first-order valence-electron chi connectivity index (χ1n) is 2.89. The third-order valence-corrected chi connectivity index (χ3v) is 2.00. The van der Waals surface area contributed by atoms with Crippen LogP contribution in [0.15, 0.2) is 0 Å². The summed E-state index contributed by atoms with van der Waals surface area (Å²) in [6.45, 7) is 9.10. The van der Waals surface area contributed by atoms with Gasteiger partial charge in [0.2, 0.25) is 0 Å². The molecule has 1 nitrogen and oxygen atoms in total. The highest BCUT2D eigenvalue weighted by molar-refractivity contribution is 7.39. The molecule has 8 heavy (non-hydrogen) atoms. The van der Waals surface area contributed by atoms with Crippen molar-refractivity contribution >= 4 is 8.58 Å². The van der Waals surface area contributed by atoms with Crippen LogP contribution in [-0.4, -0.2) is 11.3 Å². The van der Waals surface area contributed by atoms with Gasteiger partial charge in [-0.25, -0.2) is 0 Å². The van der Waals surface area contributed by atoms with Gasteiger partial charge in [-0.05, 0) is 11.3 Å². The lowest BCUT2D eigenvalue weighted by atomic mass is 10.5. The van der Waals surface area contributed by atoms with Crippen molar-refractivity contribution < 1.29 is 0 Å². The zero-order valence-electron chi connectivity index (χ0n) is 6.36. The molecule has 0 saturated carbocycles. The van der Waals surface area contributed by atoms with Crippen molar-refractivity contribution in [2.75, 3.05) is 0 Å². The maximum Gasteiger partial charge on any atom is -0.0291 e. The van der Waals surface area contributed by atoms with E-state index in [9.17, 15) is 0 Å². The Morgan fingerprint density at radius 3 is 1.12 bits per heavy atom. The molecule has 0 aliphatic rings. The van der Waals surface area contributed by atoms with E-state index in [2.05, 4.69) is 27.7 Å². The monoisotopic (exact) mass is 135 g/mol. The summed E-state index contributed by atoms with van der Waals surface area (Å²) < 4.78 is 0. The molecule has 0 aliphatic heterocycles. The molecule has 2 heteroatoms. The van der Waals surface area contributed by atoms with Crippen molar-refractivity contribution in [1.82, 2.24) is 6.15 Å². The Bertz CT molecular complexity index is 37.8. The zero-order valence-corrected chi connectivity index (χ0v) is 7.36. The highest BCUT2D eigenvalue weighted by Gasteiger charge is 1.95. The molecular formula is C6H18NP. The smallest absolute Gasteiger partial charge is 0.0291 e. The van der Waals surface area contributed by atoms with Crippen LogP contribution in [0.3, 0.4) is 0 Å². The topological polar surface area (TPSA) is 35.0 Å². The van der Waals surface area contributed by atoms with Gasteiger partial charge in [-0.3, -0.25) is 0 Å². The molecule has 0 saturated heterocycles. The fourth-order valence-electron chi connectivity index (χ4n) is 0.667. The van der Waals surface area contributed by atoms with E-state index >= 15 is 0 Å². The minimum absolute atomic E-state index is 0. The third-order valence-electron chi connectivity index (χ3n) is 0.667. The number of hydrogen-bond donors (Lipinski definition) is 1. The summed E-state index contributed by atoms with van der Waals surface area (Å²) in [5, 5.41) is 0. The van der Waals surface area contributed by atoms with Crippen LogP contribution in [0.25, 0.3) is 0 Å². The molecule has 0 fully saturated rings. The Labute approximate surface area is 54.6 Å². The van der Waals surface area contributed by atoms with Gasteiger partial charge in [-0.15, -0.1) is 8.58 Å². The summed E-state index contributed by atoms with van der Waals surface area (Å²) in [5.74, 6) is 0. The van der Waals surface area contributed by atoms with E-state index in [0.29, 0.717) is 0 Å². The second kappa shape index (κ2) is 5.53. The molecular weight excluding hydrogens is 117 g/mol. The largest absolute Gasteiger partial charge is 0.344 e. The molecule has 0 bridgehead atoms. The minimum atomic E-state index is 0. The van der Waals surface area contributed by atoms with Crippen LogP contribution in [0, 0.1) is 0 Å². The van der Waals surface area contributed by atoms with E-state index < -0.39 is 0 Å². The molecule has 0 amide bonds. The van der Waals surface area contributed by atoms with Gasteiger partial charge in [-0.1, -0.05) is 27.7 Å². The van der Waals surface area contributed by atoms with Crippen molar-refractivity contribution in [2.45, 2.75) is 39.0 Å². The first kappa shape index (κ1) is 11.2. The van der Waals surface area contributed by atoms with Crippen molar-refractivity contribution in [3.8, 4) is 0 Å². The van der Waals surface area contributed by atoms with Gasteiger partial charge in [0.15, 0.2) is 0 Å². The van der Waals surface area contributed by atoms with Gasteiger partial charge in [0, 0.05) is 0 Å². The lowest BCUT2D eigenvalue weighted by molar-refractivity contribution is 1.03. The second-order valence-electron chi connectivity index (χ2n) is 2.48. The molecule has 0 spiro atoms. The van der Waals surface area contributed by atoms with E-state index in [1.807, 2.05) is 0 Å². The molecule has 0 rings (SSSR count). The Hall–Kier alpha value is 0.390. The average molecular weight is 135 g/mol. The zero-order chi connectivity index (χ0) is 5.86. The minimum Gasteiger partial charge on any atom is -0.344 e. The number of hydrogen-bond acceptors (Lipinski definition) is 1. The molecule has 0 radical (unpaired) electrons. The summed E-state index contributed by atoms with van der Waals surface area (Å²) in [4.78, 5) is 0. The Balaban J connectivity index is 0. The van der Waals surface area contributed by atoms with Crippen molar-refractivity contribution in [2.24, 2.45) is 0 Å². The van der Waals surface area contributed by atoms with Crippen LogP contribution >= 0.6 is 8.58 Å². The first-order valence-corrected chi connectivity index (χ1v) is 4.04. The highest BCUT2D eigenvalue weighted by Crippen LogP contribution is 2.23. The van der Waals surface area contributed by atoms with Crippen LogP contribution in [0.5, 0.6) is 0 Å². The van der Waals surface area contributed by atoms with E-state index in [4.69, 9.17) is 0 Å². The SMILES string of the molecule is CC(C)PC(C)C.N. The molecule has 0 aromatic carbocycles. The normalized spacial score (nSPS) is 9.75. The number of rotatable bonds is 2. The van der Waals surface area contributed by atoms with Crippen LogP contribution in [0.4, 0.5) is 0 Å². The maximum absolute atomic E-state index is 2.28. The molecule has 0 unspecified atom stereocenters. The van der Waals surface area contributed by atoms with Crippen molar-refractivity contribution in [3.63, 3.8) is 0 Å². The quantitative estimate of drug-likeness (QED) is 0.580. The highest BCUT2D eigenvalue weighted by atomic mass is 31.1. The van der Waals surface area contributed by atoms with E-state index in [-0.39, 0.29) is 6.15 Å². The Morgan fingerprint density at radius 2 is 1.12 bits per heavy atom. The van der Waals surface area contributed by atoms with Gasteiger partial charge in [0.1, 0.15) is 0 Å². The predicted molar refractivity (Wildman–Crippen MR) is 43.6 cm³/mol. The third kappa shape index (κ3) is 9.63. The van der Waals surface area contributed by atoms with Crippen LogP contribution < -0.4 is 6.15 Å². The standard InChI is InChI=1S/C6H15P.H3N/c1-5(2)7-6(3)4;/h5-7H,1-4H3;1H3. The van der Waals surface area contributed by atoms with E-state index in [1.54, 1.807) is 0 Å². The van der Waals surface area contributed by atoms with Crippen LogP contribution in [0.2, 0.25) is 0 Å². The molecule has 0 heterocycles. The molecule has 0 aromatic heterocycles. The predicted octanol–water partition coefficient (Wildman–Crippen LogP) is 2.64. The van der Waals surface area contributed by atoms with Gasteiger partial charge >= 0.3 is 0 Å². The molecule has 0 aliphatic carbocycles. The first-order chi connectivity index (χ1) is 3.13. The Kier molecular flexibility index (Phi) is 7.75. The summed E-state index contributed by atoms with van der Waals surface area (Å²) in [6, 6.07) is 0. The molecule has 0 aromatic rings. The van der Waals surface area contributed by atoms with Crippen LogP contribution in [0.1, 0.15) is 27.7 Å². The second-order valence-corrected chi connectivity index (χ2v) is 5.12. The molecule has 0 atom stereocenters. The summed E-state index contributed by atoms with van der Waals surface area (Å²) in [5.41, 5.74) is 1.81. The van der Waals surface area contributed by atoms with Gasteiger partial charge < -0.3 is 6.15 Å². The fraction of sp³-hybridized carbons (Fsp3) is 1.00. The van der Waals surface area contributed by atoms with E-state index in [1.165, 1.54) is 0 Å². The summed E-state index contributed by atoms with van der Waals surface area (Å²) in [6.07, 6.45) is 0. The molecule has 3 N–H and O–H groups in total. The summed E-state index contributed by atoms with van der Waals surface area (Å²) >= 11 is 0. The Morgan fingerprint density at radius 1 is 0.875 bits per heavy atom. The summed E-state index contributed by atoms with van der Waals surface area (Å²) in [7, 11) is 1.15. The van der Waals surface area contributed by atoms with Crippen molar-refractivity contribution in [3.05, 3.63) is 0 Å². The van der Waals surface area contributed by atoms with Gasteiger partial charge in [0.25, 0.3) is 0 Å². The van der Waals surface area contributed by atoms with Gasteiger partial charge in [0.05, 0.1) is 0 Å². The fourth-order valence-corrected chi connectivity index (χ4v) is 2.00.